The Bertz CT molecular complexity index is 781. The summed E-state index contributed by atoms with van der Waals surface area (Å²) in [6.45, 7) is 1.20. The van der Waals surface area contributed by atoms with Crippen LogP contribution >= 0.6 is 0 Å². The molecule has 0 bridgehead atoms. The topological polar surface area (TPSA) is 44.1 Å². The van der Waals surface area contributed by atoms with E-state index in [1.807, 2.05) is 54.6 Å². The first-order chi connectivity index (χ1) is 10.3. The van der Waals surface area contributed by atoms with E-state index in [1.165, 1.54) is 6.20 Å². The van der Waals surface area contributed by atoms with Gasteiger partial charge in [-0.05, 0) is 30.7 Å². The summed E-state index contributed by atoms with van der Waals surface area (Å²) in [6.07, 6.45) is 2.14. The van der Waals surface area contributed by atoms with Crippen LogP contribution in [0.25, 0.3) is 11.0 Å². The summed E-state index contributed by atoms with van der Waals surface area (Å²) in [5.74, 6) is 0.851. The number of para-hydroxylation sites is 3. The second-order valence-corrected chi connectivity index (χ2v) is 4.75. The Kier molecular flexibility index (Phi) is 3.96. The van der Waals surface area contributed by atoms with Crippen molar-refractivity contribution in [3.05, 3.63) is 71.1 Å². The lowest BCUT2D eigenvalue weighted by molar-refractivity contribution is 0.302. The summed E-state index contributed by atoms with van der Waals surface area (Å²) in [6, 6.07) is 17.3. The number of fused-ring (bicyclic) bond motifs is 1. The number of benzene rings is 2. The molecule has 106 valence electrons. The van der Waals surface area contributed by atoms with Gasteiger partial charge in [0.2, 0.25) is 0 Å². The van der Waals surface area contributed by atoms with E-state index in [-0.39, 0.29) is 5.56 Å². The monoisotopic (exact) mass is 280 g/mol. The number of ether oxygens (including phenoxy) is 1. The number of nitrogens with zero attached hydrogens (tertiary/aromatic N) is 2. The summed E-state index contributed by atoms with van der Waals surface area (Å²) in [5.41, 5.74) is 1.62. The average Bonchev–Trinajstić information content (AvgIpc) is 2.54. The molecule has 0 N–H and O–H groups in total. The Morgan fingerprint density at radius 3 is 2.62 bits per heavy atom. The molecule has 3 aromatic rings. The van der Waals surface area contributed by atoms with Crippen molar-refractivity contribution < 1.29 is 4.74 Å². The van der Waals surface area contributed by atoms with Gasteiger partial charge in [0.1, 0.15) is 5.75 Å². The highest BCUT2D eigenvalue weighted by atomic mass is 16.5. The molecule has 1 heterocycles. The Morgan fingerprint density at radius 2 is 1.76 bits per heavy atom. The van der Waals surface area contributed by atoms with E-state index in [9.17, 15) is 4.79 Å². The van der Waals surface area contributed by atoms with Gasteiger partial charge < -0.3 is 9.30 Å². The molecule has 2 aromatic carbocycles. The van der Waals surface area contributed by atoms with E-state index < -0.39 is 0 Å². The summed E-state index contributed by atoms with van der Waals surface area (Å²) in [5, 5.41) is 0. The van der Waals surface area contributed by atoms with Crippen molar-refractivity contribution >= 4 is 11.0 Å². The molecule has 0 unspecified atom stereocenters. The second-order valence-electron chi connectivity index (χ2n) is 4.75. The third-order valence-electron chi connectivity index (χ3n) is 3.29. The third kappa shape index (κ3) is 3.11. The molecule has 0 aliphatic heterocycles. The number of aryl methyl sites for hydroxylation is 1. The van der Waals surface area contributed by atoms with Crippen LogP contribution in [0.15, 0.2) is 65.6 Å². The van der Waals surface area contributed by atoms with Gasteiger partial charge in [-0.2, -0.15) is 0 Å². The molecule has 0 radical (unpaired) electrons. The van der Waals surface area contributed by atoms with E-state index in [0.717, 1.165) is 23.2 Å². The van der Waals surface area contributed by atoms with Crippen molar-refractivity contribution in [1.82, 2.24) is 9.55 Å². The molecule has 0 aliphatic rings. The fourth-order valence-corrected chi connectivity index (χ4v) is 2.27. The molecule has 0 spiro atoms. The van der Waals surface area contributed by atoms with Gasteiger partial charge in [-0.25, -0.2) is 4.98 Å². The van der Waals surface area contributed by atoms with E-state index >= 15 is 0 Å². The zero-order chi connectivity index (χ0) is 14.5. The van der Waals surface area contributed by atoms with Crippen LogP contribution in [-0.4, -0.2) is 16.2 Å². The molecule has 3 rings (SSSR count). The molecule has 0 aliphatic carbocycles. The minimum atomic E-state index is -0.0755. The zero-order valence-corrected chi connectivity index (χ0v) is 11.6. The number of rotatable bonds is 5. The first-order valence-corrected chi connectivity index (χ1v) is 6.97. The predicted octanol–water partition coefficient (Wildman–Crippen LogP) is 2.87. The maximum Gasteiger partial charge on any atom is 0.269 e. The van der Waals surface area contributed by atoms with Crippen LogP contribution in [0.2, 0.25) is 0 Å². The maximum absolute atomic E-state index is 12.0. The summed E-state index contributed by atoms with van der Waals surface area (Å²) < 4.78 is 7.40. The lowest BCUT2D eigenvalue weighted by Crippen LogP contribution is -2.21. The van der Waals surface area contributed by atoms with Gasteiger partial charge in [-0.15, -0.1) is 0 Å². The van der Waals surface area contributed by atoms with Crippen LogP contribution < -0.4 is 10.3 Å². The minimum Gasteiger partial charge on any atom is -0.494 e. The van der Waals surface area contributed by atoms with E-state index in [4.69, 9.17) is 4.74 Å². The van der Waals surface area contributed by atoms with Crippen molar-refractivity contribution in [2.24, 2.45) is 0 Å². The molecule has 0 amide bonds. The van der Waals surface area contributed by atoms with Crippen molar-refractivity contribution in [2.45, 2.75) is 13.0 Å². The predicted molar refractivity (Wildman–Crippen MR) is 82.6 cm³/mol. The standard InChI is InChI=1S/C17H16N2O2/c20-17-13-18-15-9-4-5-10-16(15)19(17)11-6-12-21-14-7-2-1-3-8-14/h1-5,7-10,13H,6,11-12H2. The highest BCUT2D eigenvalue weighted by molar-refractivity contribution is 5.74. The van der Waals surface area contributed by atoms with Crippen molar-refractivity contribution in [3.8, 4) is 5.75 Å². The molecule has 4 nitrogen and oxygen atoms in total. The van der Waals surface area contributed by atoms with Crippen molar-refractivity contribution in [2.75, 3.05) is 6.61 Å². The lowest BCUT2D eigenvalue weighted by Gasteiger charge is -2.10. The van der Waals surface area contributed by atoms with Gasteiger partial charge in [0.05, 0.1) is 23.8 Å². The van der Waals surface area contributed by atoms with Crippen molar-refractivity contribution in [1.29, 1.82) is 0 Å². The highest BCUT2D eigenvalue weighted by Gasteiger charge is 2.03. The molecule has 0 atom stereocenters. The molecular weight excluding hydrogens is 264 g/mol. The third-order valence-corrected chi connectivity index (χ3v) is 3.29. The smallest absolute Gasteiger partial charge is 0.269 e. The summed E-state index contributed by atoms with van der Waals surface area (Å²) in [4.78, 5) is 16.1. The van der Waals surface area contributed by atoms with Crippen LogP contribution in [0.5, 0.6) is 5.75 Å². The van der Waals surface area contributed by atoms with Gasteiger partial charge in [0.25, 0.3) is 5.56 Å². The first kappa shape index (κ1) is 13.4. The number of hydrogen-bond acceptors (Lipinski definition) is 3. The maximum atomic E-state index is 12.0. The number of hydrogen-bond donors (Lipinski definition) is 0. The Morgan fingerprint density at radius 1 is 1.00 bits per heavy atom. The largest absolute Gasteiger partial charge is 0.494 e. The molecule has 1 aromatic heterocycles. The van der Waals surface area contributed by atoms with Gasteiger partial charge in [0, 0.05) is 6.54 Å². The highest BCUT2D eigenvalue weighted by Crippen LogP contribution is 2.10. The fourth-order valence-electron chi connectivity index (χ4n) is 2.27. The molecule has 4 heteroatoms. The van der Waals surface area contributed by atoms with Gasteiger partial charge in [-0.1, -0.05) is 30.3 Å². The van der Waals surface area contributed by atoms with Gasteiger partial charge in [-0.3, -0.25) is 4.79 Å². The van der Waals surface area contributed by atoms with E-state index in [1.54, 1.807) is 4.57 Å². The number of aromatic nitrogens is 2. The van der Waals surface area contributed by atoms with E-state index in [0.29, 0.717) is 13.2 Å². The quantitative estimate of drug-likeness (QED) is 0.675. The Labute approximate surface area is 122 Å². The second kappa shape index (κ2) is 6.22. The molecule has 21 heavy (non-hydrogen) atoms. The van der Waals surface area contributed by atoms with Gasteiger partial charge >= 0.3 is 0 Å². The zero-order valence-electron chi connectivity index (χ0n) is 11.6. The minimum absolute atomic E-state index is 0.0755. The van der Waals surface area contributed by atoms with Gasteiger partial charge in [0.15, 0.2) is 0 Å². The van der Waals surface area contributed by atoms with Crippen LogP contribution in [0.4, 0.5) is 0 Å². The summed E-state index contributed by atoms with van der Waals surface area (Å²) >= 11 is 0. The normalized spacial score (nSPS) is 10.7. The van der Waals surface area contributed by atoms with Crippen LogP contribution in [0, 0.1) is 0 Å². The Balaban J connectivity index is 1.68. The van der Waals surface area contributed by atoms with Crippen LogP contribution in [0.3, 0.4) is 0 Å². The summed E-state index contributed by atoms with van der Waals surface area (Å²) in [7, 11) is 0. The van der Waals surface area contributed by atoms with E-state index in [2.05, 4.69) is 4.98 Å². The fraction of sp³-hybridized carbons (Fsp3) is 0.176. The first-order valence-electron chi connectivity index (χ1n) is 6.97. The molecule has 0 fully saturated rings. The lowest BCUT2D eigenvalue weighted by atomic mass is 10.3. The Hall–Kier alpha value is -2.62. The molecule has 0 saturated carbocycles. The van der Waals surface area contributed by atoms with Crippen LogP contribution in [0.1, 0.15) is 6.42 Å². The van der Waals surface area contributed by atoms with Crippen LogP contribution in [-0.2, 0) is 6.54 Å². The molecular formula is C17H16N2O2. The SMILES string of the molecule is O=c1cnc2ccccc2n1CCCOc1ccccc1. The average molecular weight is 280 g/mol. The van der Waals surface area contributed by atoms with Crippen molar-refractivity contribution in [3.63, 3.8) is 0 Å². The molecule has 0 saturated heterocycles.